The third-order valence-corrected chi connectivity index (χ3v) is 4.61. The maximum atomic E-state index is 12.9. The number of halogens is 1. The van der Waals surface area contributed by atoms with E-state index in [0.29, 0.717) is 17.3 Å². The van der Waals surface area contributed by atoms with Gasteiger partial charge in [-0.3, -0.25) is 14.4 Å². The monoisotopic (exact) mass is 409 g/mol. The molecule has 0 radical (unpaired) electrons. The van der Waals surface area contributed by atoms with Gasteiger partial charge in [-0.1, -0.05) is 5.16 Å². The quantitative estimate of drug-likeness (QED) is 0.645. The Kier molecular flexibility index (Phi) is 7.56. The largest absolute Gasteiger partial charge is 0.452 e. The number of carbonyl (C=O) groups excluding carboxylic acids is 3. The molecule has 0 fully saturated rings. The maximum absolute atomic E-state index is 12.9. The number of aromatic nitrogens is 1. The van der Waals surface area contributed by atoms with Crippen LogP contribution in [0.3, 0.4) is 0 Å². The van der Waals surface area contributed by atoms with Crippen LogP contribution in [0.15, 0.2) is 34.9 Å². The van der Waals surface area contributed by atoms with Gasteiger partial charge in [-0.15, -0.1) is 11.8 Å². The molecule has 1 aromatic carbocycles. The highest BCUT2D eigenvalue weighted by Gasteiger charge is 2.21. The summed E-state index contributed by atoms with van der Waals surface area (Å²) in [6.07, 6.45) is -1.04. The maximum Gasteiger partial charge on any atom is 0.316 e. The van der Waals surface area contributed by atoms with Gasteiger partial charge in [0.15, 0.2) is 11.9 Å². The van der Waals surface area contributed by atoms with Gasteiger partial charge in [0.1, 0.15) is 11.6 Å². The fourth-order valence-electron chi connectivity index (χ4n) is 1.98. The van der Waals surface area contributed by atoms with Crippen LogP contribution in [0.2, 0.25) is 0 Å². The van der Waals surface area contributed by atoms with E-state index in [4.69, 9.17) is 9.26 Å². The van der Waals surface area contributed by atoms with Gasteiger partial charge in [-0.25, -0.2) is 4.39 Å². The molecular formula is C18H20FN3O5S. The van der Waals surface area contributed by atoms with Crippen LogP contribution in [0.5, 0.6) is 0 Å². The van der Waals surface area contributed by atoms with Crippen molar-refractivity contribution in [3.8, 4) is 0 Å². The molecule has 0 aliphatic heterocycles. The average molecular weight is 409 g/mol. The molecule has 2 N–H and O–H groups in total. The molecule has 2 rings (SSSR count). The molecule has 0 spiro atoms. The molecule has 1 heterocycles. The van der Waals surface area contributed by atoms with Crippen molar-refractivity contribution in [1.29, 1.82) is 0 Å². The average Bonchev–Trinajstić information content (AvgIpc) is 3.06. The predicted molar refractivity (Wildman–Crippen MR) is 102 cm³/mol. The number of carbonyl (C=O) groups is 3. The summed E-state index contributed by atoms with van der Waals surface area (Å²) in [5, 5.41) is 8.20. The van der Waals surface area contributed by atoms with Gasteiger partial charge in [-0.2, -0.15) is 0 Å². The Balaban J connectivity index is 1.73. The fourth-order valence-corrected chi connectivity index (χ4v) is 2.65. The number of nitrogens with zero attached hydrogens (tertiary/aromatic N) is 1. The summed E-state index contributed by atoms with van der Waals surface area (Å²) in [5.74, 6) is -1.20. The second kappa shape index (κ2) is 9.88. The van der Waals surface area contributed by atoms with Crippen molar-refractivity contribution in [2.45, 2.75) is 32.1 Å². The summed E-state index contributed by atoms with van der Waals surface area (Å²) >= 11 is 1.06. The number of rotatable bonds is 8. The van der Waals surface area contributed by atoms with Crippen molar-refractivity contribution in [2.24, 2.45) is 0 Å². The molecule has 1 aromatic heterocycles. The first-order valence-electron chi connectivity index (χ1n) is 8.36. The van der Waals surface area contributed by atoms with Gasteiger partial charge in [-0.05, 0) is 45.0 Å². The lowest BCUT2D eigenvalue weighted by Crippen LogP contribution is -2.31. The van der Waals surface area contributed by atoms with E-state index < -0.39 is 29.0 Å². The first-order valence-corrected chi connectivity index (χ1v) is 9.41. The molecule has 2 amide bonds. The van der Waals surface area contributed by atoms with E-state index >= 15 is 0 Å². The third-order valence-electron chi connectivity index (χ3n) is 3.49. The number of aryl methyl sites for hydroxylation is 1. The molecule has 10 heteroatoms. The van der Waals surface area contributed by atoms with Crippen LogP contribution in [-0.2, 0) is 19.1 Å². The minimum absolute atomic E-state index is 0.111. The van der Waals surface area contributed by atoms with Crippen LogP contribution in [0, 0.1) is 12.7 Å². The van der Waals surface area contributed by atoms with Crippen LogP contribution in [0.4, 0.5) is 15.9 Å². The van der Waals surface area contributed by atoms with Crippen LogP contribution in [0.25, 0.3) is 0 Å². The van der Waals surface area contributed by atoms with Gasteiger partial charge in [0.05, 0.1) is 11.0 Å². The molecule has 0 saturated carbocycles. The number of hydrogen-bond donors (Lipinski definition) is 2. The zero-order valence-electron chi connectivity index (χ0n) is 15.5. The minimum atomic E-state index is -1.04. The summed E-state index contributed by atoms with van der Waals surface area (Å²) in [5.41, 5.74) is 0.386. The van der Waals surface area contributed by atoms with Crippen molar-refractivity contribution in [3.05, 3.63) is 41.9 Å². The number of thioether (sulfide) groups is 1. The van der Waals surface area contributed by atoms with Crippen LogP contribution >= 0.6 is 11.8 Å². The molecule has 2 atom stereocenters. The van der Waals surface area contributed by atoms with Crippen molar-refractivity contribution < 1.29 is 28.0 Å². The molecule has 8 nitrogen and oxygen atoms in total. The van der Waals surface area contributed by atoms with Crippen LogP contribution in [-0.4, -0.2) is 40.0 Å². The van der Waals surface area contributed by atoms with Gasteiger partial charge >= 0.3 is 5.97 Å². The zero-order chi connectivity index (χ0) is 20.7. The fraction of sp³-hybridized carbons (Fsp3) is 0.333. The smallest absolute Gasteiger partial charge is 0.316 e. The summed E-state index contributed by atoms with van der Waals surface area (Å²) in [4.78, 5) is 36.0. The number of amides is 2. The molecule has 0 aliphatic rings. The van der Waals surface area contributed by atoms with Crippen molar-refractivity contribution >= 4 is 41.1 Å². The molecule has 2 unspecified atom stereocenters. The molecule has 2 aromatic rings. The predicted octanol–water partition coefficient (Wildman–Crippen LogP) is 2.75. The van der Waals surface area contributed by atoms with E-state index in [9.17, 15) is 18.8 Å². The zero-order valence-corrected chi connectivity index (χ0v) is 16.3. The number of nitrogens with one attached hydrogen (secondary N) is 2. The highest BCUT2D eigenvalue weighted by atomic mass is 32.2. The molecular weight excluding hydrogens is 389 g/mol. The Morgan fingerprint density at radius 2 is 1.86 bits per heavy atom. The number of anilines is 2. The standard InChI is InChI=1S/C18H20FN3O5S/c1-10-8-15(22-27-10)21-18(25)12(3)28-9-16(23)26-11(2)17(24)20-14-6-4-13(19)5-7-14/h4-8,11-12H,9H2,1-3H3,(H,20,24)(H,21,22,25). The highest BCUT2D eigenvalue weighted by molar-refractivity contribution is 8.01. The Labute approximate surface area is 165 Å². The topological polar surface area (TPSA) is 111 Å². The minimum Gasteiger partial charge on any atom is -0.452 e. The second-order valence-corrected chi connectivity index (χ2v) is 7.22. The Bertz CT molecular complexity index is 840. The lowest BCUT2D eigenvalue weighted by atomic mass is 10.3. The van der Waals surface area contributed by atoms with E-state index in [2.05, 4.69) is 15.8 Å². The lowest BCUT2D eigenvalue weighted by Gasteiger charge is -2.14. The number of hydrogen-bond acceptors (Lipinski definition) is 7. The Morgan fingerprint density at radius 3 is 2.46 bits per heavy atom. The summed E-state index contributed by atoms with van der Waals surface area (Å²) < 4.78 is 22.8. The Hall–Kier alpha value is -2.88. The van der Waals surface area contributed by atoms with Crippen LogP contribution < -0.4 is 10.6 Å². The van der Waals surface area contributed by atoms with Crippen LogP contribution in [0.1, 0.15) is 19.6 Å². The number of esters is 1. The van der Waals surface area contributed by atoms with E-state index in [1.807, 2.05) is 0 Å². The Morgan fingerprint density at radius 1 is 1.18 bits per heavy atom. The second-order valence-electron chi connectivity index (χ2n) is 5.89. The molecule has 0 aliphatic carbocycles. The number of ether oxygens (including phenoxy) is 1. The first-order chi connectivity index (χ1) is 13.2. The number of benzene rings is 1. The molecule has 28 heavy (non-hydrogen) atoms. The third kappa shape index (κ3) is 6.69. The normalized spacial score (nSPS) is 12.7. The van der Waals surface area contributed by atoms with Crippen molar-refractivity contribution in [3.63, 3.8) is 0 Å². The van der Waals surface area contributed by atoms with Crippen molar-refractivity contribution in [1.82, 2.24) is 5.16 Å². The van der Waals surface area contributed by atoms with Gasteiger partial charge in [0.25, 0.3) is 5.91 Å². The van der Waals surface area contributed by atoms with Gasteiger partial charge in [0, 0.05) is 11.8 Å². The summed E-state index contributed by atoms with van der Waals surface area (Å²) in [6.45, 7) is 4.75. The molecule has 150 valence electrons. The van der Waals surface area contributed by atoms with Gasteiger partial charge < -0.3 is 19.9 Å². The lowest BCUT2D eigenvalue weighted by molar-refractivity contribution is -0.150. The van der Waals surface area contributed by atoms with Gasteiger partial charge in [0.2, 0.25) is 5.91 Å². The molecule has 0 saturated heterocycles. The SMILES string of the molecule is Cc1cc(NC(=O)C(C)SCC(=O)OC(C)C(=O)Nc2ccc(F)cc2)no1. The van der Waals surface area contributed by atoms with E-state index in [0.717, 1.165) is 11.8 Å². The van der Waals surface area contributed by atoms with E-state index in [1.54, 1.807) is 19.9 Å². The summed E-state index contributed by atoms with van der Waals surface area (Å²) in [6, 6.07) is 6.78. The highest BCUT2D eigenvalue weighted by Crippen LogP contribution is 2.15. The molecule has 0 bridgehead atoms. The van der Waals surface area contributed by atoms with E-state index in [1.165, 1.54) is 31.2 Å². The van der Waals surface area contributed by atoms with E-state index in [-0.39, 0.29) is 11.7 Å². The van der Waals surface area contributed by atoms with Crippen molar-refractivity contribution in [2.75, 3.05) is 16.4 Å². The first kappa shape index (κ1) is 21.4. The summed E-state index contributed by atoms with van der Waals surface area (Å²) in [7, 11) is 0.